The van der Waals surface area contributed by atoms with Crippen LogP contribution in [0.15, 0.2) is 51.5 Å². The fourth-order valence-electron chi connectivity index (χ4n) is 1.53. The zero-order valence-electron chi connectivity index (χ0n) is 9.96. The number of hydrogen-bond acceptors (Lipinski definition) is 2. The van der Waals surface area contributed by atoms with Gasteiger partial charge in [0.2, 0.25) is 11.6 Å². The van der Waals surface area contributed by atoms with E-state index in [0.29, 0.717) is 0 Å². The van der Waals surface area contributed by atoms with Gasteiger partial charge in [-0.05, 0) is 19.1 Å². The van der Waals surface area contributed by atoms with Crippen LogP contribution in [0.2, 0.25) is 0 Å². The Labute approximate surface area is 120 Å². The molecule has 0 amide bonds. The first-order chi connectivity index (χ1) is 9.02. The molecule has 94 valence electrons. The molecule has 1 aromatic rings. The van der Waals surface area contributed by atoms with Gasteiger partial charge in [0, 0.05) is 11.1 Å². The second kappa shape index (κ2) is 5.44. The molecular weight excluding hydrogens is 283 g/mol. The quantitative estimate of drug-likeness (QED) is 0.543. The number of halogens is 2. The van der Waals surface area contributed by atoms with Crippen LogP contribution in [-0.2, 0) is 9.59 Å². The van der Waals surface area contributed by atoms with E-state index in [1.807, 2.05) is 18.2 Å². The van der Waals surface area contributed by atoms with Crippen LogP contribution in [0, 0.1) is 11.8 Å². The van der Waals surface area contributed by atoms with Crippen LogP contribution in [0.5, 0.6) is 0 Å². The van der Waals surface area contributed by atoms with Crippen molar-refractivity contribution in [3.8, 4) is 11.8 Å². The SMILES string of the molecule is CC1=C(Cl)C(=O)C(C#Cc2ccccc2)=C(Cl)C1=O. The number of carbonyl (C=O) groups is 2. The van der Waals surface area contributed by atoms with Crippen molar-refractivity contribution in [3.05, 3.63) is 57.1 Å². The molecule has 1 aromatic carbocycles. The molecule has 0 aromatic heterocycles. The first kappa shape index (κ1) is 13.6. The van der Waals surface area contributed by atoms with E-state index in [-0.39, 0.29) is 21.2 Å². The van der Waals surface area contributed by atoms with E-state index in [9.17, 15) is 9.59 Å². The van der Waals surface area contributed by atoms with Gasteiger partial charge in [0.1, 0.15) is 5.03 Å². The lowest BCUT2D eigenvalue weighted by Crippen LogP contribution is -2.17. The van der Waals surface area contributed by atoms with E-state index < -0.39 is 11.6 Å². The molecule has 0 atom stereocenters. The van der Waals surface area contributed by atoms with Crippen LogP contribution in [0.1, 0.15) is 12.5 Å². The number of benzene rings is 1. The molecule has 1 aliphatic rings. The van der Waals surface area contributed by atoms with E-state index >= 15 is 0 Å². The van der Waals surface area contributed by atoms with E-state index in [1.165, 1.54) is 6.92 Å². The molecule has 1 aliphatic carbocycles. The fourth-order valence-corrected chi connectivity index (χ4v) is 1.98. The summed E-state index contributed by atoms with van der Waals surface area (Å²) in [5.74, 6) is 4.45. The molecule has 2 nitrogen and oxygen atoms in total. The number of hydrogen-bond donors (Lipinski definition) is 0. The highest BCUT2D eigenvalue weighted by molar-refractivity contribution is 6.56. The standard InChI is InChI=1S/C15H8Cl2O2/c1-9-12(16)15(19)11(13(17)14(9)18)8-7-10-5-3-2-4-6-10/h2-6H,1H3. The molecule has 0 unspecified atom stereocenters. The molecule has 0 fully saturated rings. The van der Waals surface area contributed by atoms with Gasteiger partial charge in [-0.15, -0.1) is 0 Å². The molecule has 2 rings (SSSR count). The second-order valence-corrected chi connectivity index (χ2v) is 4.66. The van der Waals surface area contributed by atoms with Gasteiger partial charge in [-0.25, -0.2) is 0 Å². The summed E-state index contributed by atoms with van der Waals surface area (Å²) in [4.78, 5) is 23.7. The second-order valence-electron chi connectivity index (χ2n) is 3.90. The van der Waals surface area contributed by atoms with Gasteiger partial charge in [0.25, 0.3) is 0 Å². The lowest BCUT2D eigenvalue weighted by molar-refractivity contribution is -0.115. The topological polar surface area (TPSA) is 34.1 Å². The maximum absolute atomic E-state index is 11.9. The highest BCUT2D eigenvalue weighted by Crippen LogP contribution is 2.28. The van der Waals surface area contributed by atoms with Crippen LogP contribution >= 0.6 is 23.2 Å². The fraction of sp³-hybridized carbons (Fsp3) is 0.0667. The third kappa shape index (κ3) is 2.63. The van der Waals surface area contributed by atoms with Crippen molar-refractivity contribution in [2.75, 3.05) is 0 Å². The van der Waals surface area contributed by atoms with Crippen LogP contribution in [0.4, 0.5) is 0 Å². The Kier molecular flexibility index (Phi) is 3.90. The Morgan fingerprint density at radius 2 is 1.53 bits per heavy atom. The van der Waals surface area contributed by atoms with E-state index in [4.69, 9.17) is 23.2 Å². The highest BCUT2D eigenvalue weighted by atomic mass is 35.5. The number of ketones is 2. The highest BCUT2D eigenvalue weighted by Gasteiger charge is 2.29. The van der Waals surface area contributed by atoms with Crippen molar-refractivity contribution in [3.63, 3.8) is 0 Å². The van der Waals surface area contributed by atoms with Crippen molar-refractivity contribution < 1.29 is 9.59 Å². The Balaban J connectivity index is 2.44. The van der Waals surface area contributed by atoms with Gasteiger partial charge in [0.15, 0.2) is 0 Å². The minimum absolute atomic E-state index is 0.0499. The molecule has 0 saturated carbocycles. The van der Waals surface area contributed by atoms with Crippen molar-refractivity contribution in [2.24, 2.45) is 0 Å². The summed E-state index contributed by atoms with van der Waals surface area (Å²) in [6, 6.07) is 9.09. The summed E-state index contributed by atoms with van der Waals surface area (Å²) in [5.41, 5.74) is 0.829. The van der Waals surface area contributed by atoms with Crippen molar-refractivity contribution >= 4 is 34.8 Å². The normalized spacial score (nSPS) is 15.5. The van der Waals surface area contributed by atoms with Crippen LogP contribution < -0.4 is 0 Å². The summed E-state index contributed by atoms with van der Waals surface area (Å²) < 4.78 is 0. The van der Waals surface area contributed by atoms with Gasteiger partial charge >= 0.3 is 0 Å². The predicted molar refractivity (Wildman–Crippen MR) is 74.8 cm³/mol. The van der Waals surface area contributed by atoms with Crippen LogP contribution in [0.25, 0.3) is 0 Å². The largest absolute Gasteiger partial charge is 0.288 e. The molecule has 19 heavy (non-hydrogen) atoms. The zero-order valence-corrected chi connectivity index (χ0v) is 11.5. The predicted octanol–water partition coefficient (Wildman–Crippen LogP) is 3.20. The number of carbonyl (C=O) groups excluding carboxylic acids is 2. The van der Waals surface area contributed by atoms with E-state index in [0.717, 1.165) is 5.56 Å². The Hall–Kier alpha value is -1.82. The third-order valence-electron chi connectivity index (χ3n) is 2.62. The molecule has 0 N–H and O–H groups in total. The molecular formula is C15H8Cl2O2. The average Bonchev–Trinajstić information content (AvgIpc) is 2.44. The monoisotopic (exact) mass is 290 g/mol. The number of Topliss-reactive ketones (excluding diaryl/α,β-unsaturated/α-hetero) is 2. The van der Waals surface area contributed by atoms with Crippen molar-refractivity contribution in [1.82, 2.24) is 0 Å². The number of allylic oxidation sites excluding steroid dienone is 4. The maximum atomic E-state index is 11.9. The molecule has 0 spiro atoms. The Morgan fingerprint density at radius 3 is 2.16 bits per heavy atom. The van der Waals surface area contributed by atoms with Gasteiger partial charge in [-0.3, -0.25) is 9.59 Å². The minimum atomic E-state index is -0.507. The number of rotatable bonds is 0. The first-order valence-electron chi connectivity index (χ1n) is 5.45. The lowest BCUT2D eigenvalue weighted by atomic mass is 9.97. The molecule has 0 heterocycles. The van der Waals surface area contributed by atoms with Crippen molar-refractivity contribution in [2.45, 2.75) is 6.92 Å². The molecule has 0 aliphatic heterocycles. The van der Waals surface area contributed by atoms with E-state index in [1.54, 1.807) is 12.1 Å². The molecule has 0 saturated heterocycles. The van der Waals surface area contributed by atoms with Gasteiger partial charge in [0.05, 0.1) is 10.6 Å². The lowest BCUT2D eigenvalue weighted by Gasteiger charge is -2.11. The van der Waals surface area contributed by atoms with Crippen molar-refractivity contribution in [1.29, 1.82) is 0 Å². The van der Waals surface area contributed by atoms with Gasteiger partial charge in [-0.2, -0.15) is 0 Å². The zero-order chi connectivity index (χ0) is 14.0. The summed E-state index contributed by atoms with van der Waals surface area (Å²) in [5, 5.41) is -0.290. The van der Waals surface area contributed by atoms with Crippen LogP contribution in [0.3, 0.4) is 0 Å². The molecule has 0 radical (unpaired) electrons. The summed E-state index contributed by atoms with van der Waals surface area (Å²) in [6.45, 7) is 1.46. The summed E-state index contributed by atoms with van der Waals surface area (Å²) >= 11 is 11.7. The van der Waals surface area contributed by atoms with Gasteiger partial charge < -0.3 is 0 Å². The average molecular weight is 291 g/mol. The minimum Gasteiger partial charge on any atom is -0.288 e. The summed E-state index contributed by atoms with van der Waals surface area (Å²) in [7, 11) is 0. The van der Waals surface area contributed by atoms with Crippen LogP contribution in [-0.4, -0.2) is 11.6 Å². The Morgan fingerprint density at radius 1 is 0.895 bits per heavy atom. The maximum Gasteiger partial charge on any atom is 0.214 e. The first-order valence-corrected chi connectivity index (χ1v) is 6.20. The van der Waals surface area contributed by atoms with E-state index in [2.05, 4.69) is 11.8 Å². The smallest absolute Gasteiger partial charge is 0.214 e. The van der Waals surface area contributed by atoms with Gasteiger partial charge in [-0.1, -0.05) is 53.2 Å². The third-order valence-corrected chi connectivity index (χ3v) is 3.44. The molecule has 4 heteroatoms. The molecule has 0 bridgehead atoms. The summed E-state index contributed by atoms with van der Waals surface area (Å²) in [6.07, 6.45) is 0. The Bertz CT molecular complexity index is 686.